The van der Waals surface area contributed by atoms with Gasteiger partial charge in [-0.1, -0.05) is 12.1 Å². The summed E-state index contributed by atoms with van der Waals surface area (Å²) in [6.45, 7) is -0.621. The van der Waals surface area contributed by atoms with Crippen molar-refractivity contribution in [3.63, 3.8) is 0 Å². The Kier molecular flexibility index (Phi) is 5.74. The van der Waals surface area contributed by atoms with Gasteiger partial charge in [0, 0.05) is 36.1 Å². The molecule has 1 aromatic carbocycles. The second kappa shape index (κ2) is 8.50. The van der Waals surface area contributed by atoms with E-state index in [4.69, 9.17) is 0 Å². The minimum absolute atomic E-state index is 0.176. The van der Waals surface area contributed by atoms with Crippen molar-refractivity contribution in [2.45, 2.75) is 18.7 Å². The molecular weight excluding hydrogens is 427 g/mol. The van der Waals surface area contributed by atoms with Crippen LogP contribution in [-0.2, 0) is 0 Å². The Morgan fingerprint density at radius 3 is 2.75 bits per heavy atom. The van der Waals surface area contributed by atoms with Crippen molar-refractivity contribution in [3.05, 3.63) is 54.4 Å². The monoisotopic (exact) mass is 447 g/mol. The number of carbonyl (C=O) groups excluding carboxylic acids is 2. The normalized spacial score (nSPS) is 16.4. The lowest BCUT2D eigenvalue weighted by Crippen LogP contribution is -2.36. The van der Waals surface area contributed by atoms with E-state index in [0.717, 1.165) is 0 Å². The third kappa shape index (κ3) is 4.83. The Morgan fingerprint density at radius 2 is 2.03 bits per heavy atom. The van der Waals surface area contributed by atoms with Gasteiger partial charge in [-0.15, -0.1) is 0 Å². The third-order valence-electron chi connectivity index (χ3n) is 5.08. The Bertz CT molecular complexity index is 1160. The van der Waals surface area contributed by atoms with Crippen LogP contribution >= 0.6 is 0 Å². The van der Waals surface area contributed by atoms with Gasteiger partial charge in [-0.25, -0.2) is 9.78 Å². The molecule has 3 amide bonds. The number of aromatic nitrogens is 2. The number of benzene rings is 1. The summed E-state index contributed by atoms with van der Waals surface area (Å²) >= 11 is 0. The molecule has 1 aliphatic heterocycles. The first kappa shape index (κ1) is 21.6. The van der Waals surface area contributed by atoms with E-state index in [1.165, 1.54) is 0 Å². The number of carbonyl (C=O) groups is 2. The summed E-state index contributed by atoms with van der Waals surface area (Å²) in [6, 6.07) is 8.95. The number of aliphatic hydroxyl groups excluding tert-OH is 1. The largest absolute Gasteiger partial charge is 0.405 e. The Morgan fingerprint density at radius 1 is 1.22 bits per heavy atom. The zero-order valence-corrected chi connectivity index (χ0v) is 16.8. The van der Waals surface area contributed by atoms with Crippen LogP contribution in [0.2, 0.25) is 0 Å². The lowest BCUT2D eigenvalue weighted by atomic mass is 10.1. The number of likely N-dealkylation sites (tertiary alicyclic amines) is 1. The van der Waals surface area contributed by atoms with E-state index >= 15 is 0 Å². The molecule has 1 aliphatic rings. The summed E-state index contributed by atoms with van der Waals surface area (Å²) in [4.78, 5) is 30.3. The maximum absolute atomic E-state index is 12.6. The number of imidazole rings is 1. The van der Waals surface area contributed by atoms with E-state index in [1.54, 1.807) is 63.4 Å². The maximum atomic E-state index is 12.6. The number of nitrogens with zero attached hydrogens (tertiary/aromatic N) is 3. The first-order valence-electron chi connectivity index (χ1n) is 9.86. The molecule has 0 bridgehead atoms. The van der Waals surface area contributed by atoms with Gasteiger partial charge in [0.05, 0.1) is 18.0 Å². The van der Waals surface area contributed by atoms with Crippen molar-refractivity contribution in [1.82, 2.24) is 19.6 Å². The van der Waals surface area contributed by atoms with E-state index in [9.17, 15) is 27.9 Å². The molecule has 0 spiro atoms. The second-order valence-corrected chi connectivity index (χ2v) is 7.48. The average Bonchev–Trinajstić information content (AvgIpc) is 3.37. The summed E-state index contributed by atoms with van der Waals surface area (Å²) in [7, 11) is 0. The third-order valence-corrected chi connectivity index (χ3v) is 5.08. The molecule has 1 atom stereocenters. The first-order chi connectivity index (χ1) is 15.2. The molecule has 11 heteroatoms. The molecule has 3 heterocycles. The second-order valence-electron chi connectivity index (χ2n) is 7.48. The van der Waals surface area contributed by atoms with Gasteiger partial charge in [-0.2, -0.15) is 13.2 Å². The van der Waals surface area contributed by atoms with Gasteiger partial charge in [0.1, 0.15) is 12.2 Å². The number of anilines is 1. The van der Waals surface area contributed by atoms with Crippen molar-refractivity contribution in [2.75, 3.05) is 25.0 Å². The molecule has 168 valence electrons. The molecule has 1 fully saturated rings. The zero-order valence-electron chi connectivity index (χ0n) is 16.8. The predicted octanol–water partition coefficient (Wildman–Crippen LogP) is 2.89. The molecule has 3 aromatic rings. The molecule has 1 saturated heterocycles. The van der Waals surface area contributed by atoms with Crippen molar-refractivity contribution in [2.24, 2.45) is 0 Å². The lowest BCUT2D eigenvalue weighted by Gasteiger charge is -2.15. The Labute approximate surface area is 180 Å². The van der Waals surface area contributed by atoms with Gasteiger partial charge >= 0.3 is 12.2 Å². The van der Waals surface area contributed by atoms with Crippen LogP contribution in [0.4, 0.5) is 23.7 Å². The first-order valence-corrected chi connectivity index (χ1v) is 9.86. The van der Waals surface area contributed by atoms with Crippen molar-refractivity contribution in [1.29, 1.82) is 0 Å². The van der Waals surface area contributed by atoms with Crippen molar-refractivity contribution < 1.29 is 27.9 Å². The summed E-state index contributed by atoms with van der Waals surface area (Å²) in [5.74, 6) is -0.176. The molecule has 1 unspecified atom stereocenters. The van der Waals surface area contributed by atoms with E-state index in [1.807, 2.05) is 0 Å². The zero-order chi connectivity index (χ0) is 22.9. The molecule has 2 aromatic heterocycles. The molecule has 4 rings (SSSR count). The number of fused-ring (bicyclic) bond motifs is 1. The highest BCUT2D eigenvalue weighted by Gasteiger charge is 2.28. The Balaban J connectivity index is 1.52. The number of hydrogen-bond donors (Lipinski definition) is 3. The highest BCUT2D eigenvalue weighted by Crippen LogP contribution is 2.25. The highest BCUT2D eigenvalue weighted by atomic mass is 19.4. The number of urea groups is 1. The van der Waals surface area contributed by atoms with Gasteiger partial charge < -0.3 is 20.6 Å². The quantitative estimate of drug-likeness (QED) is 0.573. The summed E-state index contributed by atoms with van der Waals surface area (Å²) in [5, 5.41) is 13.8. The molecular formula is C21H20F3N5O3. The SMILES string of the molecule is O=C(NCC(F)(F)F)Nc1cccc(-c2cnc3cc(C(=O)N4CCC(O)C4)ccn23)c1. The number of halogens is 3. The minimum Gasteiger partial charge on any atom is -0.391 e. The van der Waals surface area contributed by atoms with Crippen LogP contribution in [0.3, 0.4) is 0 Å². The maximum Gasteiger partial charge on any atom is 0.405 e. The lowest BCUT2D eigenvalue weighted by molar-refractivity contribution is -0.122. The topological polar surface area (TPSA) is 99.0 Å². The van der Waals surface area contributed by atoms with Crippen LogP contribution in [0.15, 0.2) is 48.8 Å². The van der Waals surface area contributed by atoms with E-state index in [-0.39, 0.29) is 5.91 Å². The molecule has 32 heavy (non-hydrogen) atoms. The summed E-state index contributed by atoms with van der Waals surface area (Å²) in [5.41, 5.74) is 2.66. The van der Waals surface area contributed by atoms with E-state index in [0.29, 0.717) is 47.7 Å². The van der Waals surface area contributed by atoms with Crippen molar-refractivity contribution in [3.8, 4) is 11.3 Å². The molecule has 0 saturated carbocycles. The fourth-order valence-corrected chi connectivity index (χ4v) is 3.55. The molecule has 0 aliphatic carbocycles. The number of amides is 3. The number of β-amino-alcohol motifs (C(OH)–C–C–N with tert-alkyl or cyclic N) is 1. The number of aliphatic hydroxyl groups is 1. The standard InChI is InChI=1S/C21H20F3N5O3/c22-21(23,24)12-26-20(32)27-15-3-1-2-13(8-15)17-10-25-18-9-14(4-7-29(17)18)19(31)28-6-5-16(30)11-28/h1-4,7-10,16,30H,5-6,11-12H2,(H2,26,27,32). The average molecular weight is 447 g/mol. The minimum atomic E-state index is -4.50. The smallest absolute Gasteiger partial charge is 0.391 e. The summed E-state index contributed by atoms with van der Waals surface area (Å²) < 4.78 is 38.5. The van der Waals surface area contributed by atoms with E-state index in [2.05, 4.69) is 10.3 Å². The Hall–Kier alpha value is -3.60. The summed E-state index contributed by atoms with van der Waals surface area (Å²) in [6.07, 6.45) is -1.14. The number of hydrogen-bond acceptors (Lipinski definition) is 4. The number of nitrogens with one attached hydrogen (secondary N) is 2. The molecule has 3 N–H and O–H groups in total. The van der Waals surface area contributed by atoms with Gasteiger partial charge in [0.25, 0.3) is 5.91 Å². The van der Waals surface area contributed by atoms with Crippen LogP contribution in [0, 0.1) is 0 Å². The van der Waals surface area contributed by atoms with Crippen LogP contribution in [0.1, 0.15) is 16.8 Å². The van der Waals surface area contributed by atoms with Crippen LogP contribution in [-0.4, -0.2) is 63.2 Å². The number of pyridine rings is 1. The van der Waals surface area contributed by atoms with Gasteiger partial charge in [-0.05, 0) is 30.7 Å². The number of rotatable bonds is 4. The van der Waals surface area contributed by atoms with E-state index < -0.39 is 24.9 Å². The van der Waals surface area contributed by atoms with Crippen LogP contribution in [0.25, 0.3) is 16.9 Å². The van der Waals surface area contributed by atoms with Crippen LogP contribution < -0.4 is 10.6 Å². The predicted molar refractivity (Wildman–Crippen MR) is 110 cm³/mol. The van der Waals surface area contributed by atoms with Crippen LogP contribution in [0.5, 0.6) is 0 Å². The molecule has 8 nitrogen and oxygen atoms in total. The fraction of sp³-hybridized carbons (Fsp3) is 0.286. The highest BCUT2D eigenvalue weighted by molar-refractivity contribution is 5.95. The van der Waals surface area contributed by atoms with Crippen molar-refractivity contribution >= 4 is 23.3 Å². The molecule has 0 radical (unpaired) electrons. The number of alkyl halides is 3. The fourth-order valence-electron chi connectivity index (χ4n) is 3.55. The van der Waals surface area contributed by atoms with Gasteiger partial charge in [0.2, 0.25) is 0 Å². The van der Waals surface area contributed by atoms with Gasteiger partial charge in [-0.3, -0.25) is 9.20 Å². The van der Waals surface area contributed by atoms with Gasteiger partial charge in [0.15, 0.2) is 0 Å².